The molecule has 0 saturated heterocycles. The van der Waals surface area contributed by atoms with Crippen LogP contribution < -0.4 is 38.9 Å². The minimum Gasteiger partial charge on any atom is -0.480 e. The first-order valence-electron chi connectivity index (χ1n) is 12.1. The zero-order valence-corrected chi connectivity index (χ0v) is 21.4. The third-order valence-corrected chi connectivity index (χ3v) is 5.27. The van der Waals surface area contributed by atoms with Crippen molar-refractivity contribution in [3.8, 4) is 0 Å². The molecule has 0 aliphatic carbocycles. The SMILES string of the molecule is CC(C)CC(NC(=O)C(CCCCN)NC(=O)C(N)CCCN=C(N)N)C(=O)NC(C(=O)O)C(C)O. The van der Waals surface area contributed by atoms with E-state index in [2.05, 4.69) is 20.9 Å². The van der Waals surface area contributed by atoms with Gasteiger partial charge < -0.3 is 49.1 Å². The second-order valence-corrected chi connectivity index (χ2v) is 9.16. The van der Waals surface area contributed by atoms with Gasteiger partial charge >= 0.3 is 5.97 Å². The van der Waals surface area contributed by atoms with Crippen molar-refractivity contribution in [1.82, 2.24) is 16.0 Å². The number of carbonyl (C=O) groups is 4. The fourth-order valence-electron chi connectivity index (χ4n) is 3.31. The summed E-state index contributed by atoms with van der Waals surface area (Å²) in [5, 5.41) is 26.4. The number of nitrogens with two attached hydrogens (primary N) is 4. The number of amides is 3. The lowest BCUT2D eigenvalue weighted by molar-refractivity contribution is -0.145. The lowest BCUT2D eigenvalue weighted by Crippen LogP contribution is -2.58. The quantitative estimate of drug-likeness (QED) is 0.0523. The molecule has 0 bridgehead atoms. The number of aliphatic imine (C=N–C) groups is 1. The average Bonchev–Trinajstić information content (AvgIpc) is 2.77. The highest BCUT2D eigenvalue weighted by atomic mass is 16.4. The Morgan fingerprint density at radius 1 is 0.861 bits per heavy atom. The van der Waals surface area contributed by atoms with Gasteiger partial charge in [-0.3, -0.25) is 19.4 Å². The van der Waals surface area contributed by atoms with Crippen molar-refractivity contribution < 1.29 is 29.4 Å². The molecular formula is C22H44N8O6. The van der Waals surface area contributed by atoms with Crippen molar-refractivity contribution in [2.75, 3.05) is 13.1 Å². The summed E-state index contributed by atoms with van der Waals surface area (Å²) in [5.41, 5.74) is 22.0. The predicted octanol–water partition coefficient (Wildman–Crippen LogP) is -2.54. The molecule has 0 heterocycles. The molecule has 14 nitrogen and oxygen atoms in total. The topological polar surface area (TPSA) is 261 Å². The van der Waals surface area contributed by atoms with E-state index < -0.39 is 54.0 Å². The molecular weight excluding hydrogens is 472 g/mol. The van der Waals surface area contributed by atoms with Gasteiger partial charge in [0.25, 0.3) is 0 Å². The van der Waals surface area contributed by atoms with Crippen molar-refractivity contribution >= 4 is 29.7 Å². The van der Waals surface area contributed by atoms with Gasteiger partial charge in [0.2, 0.25) is 17.7 Å². The fraction of sp³-hybridized carbons (Fsp3) is 0.773. The van der Waals surface area contributed by atoms with Gasteiger partial charge in [0.1, 0.15) is 12.1 Å². The zero-order chi connectivity index (χ0) is 27.8. The van der Waals surface area contributed by atoms with Gasteiger partial charge in [0.05, 0.1) is 12.1 Å². The Labute approximate surface area is 212 Å². The summed E-state index contributed by atoms with van der Waals surface area (Å²) in [6, 6.07) is -4.51. The average molecular weight is 517 g/mol. The molecule has 0 aliphatic heterocycles. The number of aliphatic hydroxyl groups excluding tert-OH is 1. The Kier molecular flexibility index (Phi) is 16.0. The highest BCUT2D eigenvalue weighted by Gasteiger charge is 2.32. The highest BCUT2D eigenvalue weighted by Crippen LogP contribution is 2.09. The molecule has 0 fully saturated rings. The van der Waals surface area contributed by atoms with Crippen molar-refractivity contribution in [3.05, 3.63) is 0 Å². The van der Waals surface area contributed by atoms with E-state index in [0.717, 1.165) is 0 Å². The van der Waals surface area contributed by atoms with Crippen LogP contribution in [0.3, 0.4) is 0 Å². The Morgan fingerprint density at radius 3 is 1.94 bits per heavy atom. The first-order valence-corrected chi connectivity index (χ1v) is 12.1. The van der Waals surface area contributed by atoms with Crippen molar-refractivity contribution in [3.63, 3.8) is 0 Å². The van der Waals surface area contributed by atoms with Gasteiger partial charge in [-0.15, -0.1) is 0 Å². The van der Waals surface area contributed by atoms with Crippen LogP contribution in [-0.4, -0.2) is 83.2 Å². The number of hydrogen-bond donors (Lipinski definition) is 9. The molecule has 0 radical (unpaired) electrons. The van der Waals surface area contributed by atoms with Crippen LogP contribution in [0.25, 0.3) is 0 Å². The molecule has 0 rings (SSSR count). The van der Waals surface area contributed by atoms with Crippen LogP contribution in [0.4, 0.5) is 0 Å². The lowest BCUT2D eigenvalue weighted by Gasteiger charge is -2.26. The van der Waals surface area contributed by atoms with E-state index in [1.165, 1.54) is 6.92 Å². The van der Waals surface area contributed by atoms with E-state index >= 15 is 0 Å². The van der Waals surface area contributed by atoms with E-state index in [0.29, 0.717) is 32.4 Å². The maximum atomic E-state index is 13.1. The molecule has 3 amide bonds. The summed E-state index contributed by atoms with van der Waals surface area (Å²) in [4.78, 5) is 53.7. The smallest absolute Gasteiger partial charge is 0.328 e. The van der Waals surface area contributed by atoms with E-state index in [1.54, 1.807) is 0 Å². The van der Waals surface area contributed by atoms with Crippen molar-refractivity contribution in [2.45, 2.75) is 89.6 Å². The zero-order valence-electron chi connectivity index (χ0n) is 21.4. The number of carboxylic acid groups (broad SMARTS) is 1. The van der Waals surface area contributed by atoms with Crippen LogP contribution in [0.15, 0.2) is 4.99 Å². The fourth-order valence-corrected chi connectivity index (χ4v) is 3.31. The largest absolute Gasteiger partial charge is 0.480 e. The molecule has 13 N–H and O–H groups in total. The van der Waals surface area contributed by atoms with Gasteiger partial charge in [-0.25, -0.2) is 4.79 Å². The monoisotopic (exact) mass is 516 g/mol. The van der Waals surface area contributed by atoms with Crippen LogP contribution in [0.2, 0.25) is 0 Å². The lowest BCUT2D eigenvalue weighted by atomic mass is 10.0. The Balaban J connectivity index is 5.42. The summed E-state index contributed by atoms with van der Waals surface area (Å²) in [5.74, 6) is -3.41. The van der Waals surface area contributed by atoms with Gasteiger partial charge in [-0.1, -0.05) is 13.8 Å². The maximum absolute atomic E-state index is 13.1. The number of carbonyl (C=O) groups excluding carboxylic acids is 3. The van der Waals surface area contributed by atoms with E-state index in [9.17, 15) is 29.4 Å². The van der Waals surface area contributed by atoms with Gasteiger partial charge in [-0.05, 0) is 57.9 Å². The molecule has 0 spiro atoms. The van der Waals surface area contributed by atoms with Crippen LogP contribution in [-0.2, 0) is 19.2 Å². The molecule has 36 heavy (non-hydrogen) atoms. The van der Waals surface area contributed by atoms with E-state index in [1.807, 2.05) is 13.8 Å². The molecule has 0 aromatic carbocycles. The number of carboxylic acids is 1. The van der Waals surface area contributed by atoms with Gasteiger partial charge in [0, 0.05) is 6.54 Å². The van der Waals surface area contributed by atoms with Crippen LogP contribution in [0.5, 0.6) is 0 Å². The summed E-state index contributed by atoms with van der Waals surface area (Å²) in [7, 11) is 0. The van der Waals surface area contributed by atoms with Gasteiger partial charge in [0.15, 0.2) is 12.0 Å². The summed E-state index contributed by atoms with van der Waals surface area (Å²) < 4.78 is 0. The number of guanidine groups is 1. The molecule has 5 atom stereocenters. The minimum absolute atomic E-state index is 0.0280. The minimum atomic E-state index is -1.54. The van der Waals surface area contributed by atoms with Crippen molar-refractivity contribution in [2.24, 2.45) is 33.8 Å². The molecule has 0 saturated carbocycles. The Morgan fingerprint density at radius 2 is 1.44 bits per heavy atom. The normalized spacial score (nSPS) is 15.2. The first kappa shape index (κ1) is 33.0. The molecule has 0 aromatic heterocycles. The molecule has 14 heteroatoms. The Bertz CT molecular complexity index is 742. The standard InChI is InChI=1S/C22H44N8O6/c1-12(2)11-16(20(34)30-17(13(3)31)21(35)36)29-19(33)15(8-4-5-9-23)28-18(32)14(24)7-6-10-27-22(25)26/h12-17,31H,4-11,23-24H2,1-3H3,(H,28,32)(H,29,33)(H,30,34)(H,35,36)(H4,25,26,27). The summed E-state index contributed by atoms with van der Waals surface area (Å²) >= 11 is 0. The van der Waals surface area contributed by atoms with Crippen molar-refractivity contribution in [1.29, 1.82) is 0 Å². The second-order valence-electron chi connectivity index (χ2n) is 9.16. The number of nitrogens with zero attached hydrogens (tertiary/aromatic N) is 1. The van der Waals surface area contributed by atoms with Crippen LogP contribution >= 0.6 is 0 Å². The van der Waals surface area contributed by atoms with Crippen LogP contribution in [0.1, 0.15) is 59.3 Å². The summed E-state index contributed by atoms with van der Waals surface area (Å²) in [6.45, 7) is 5.61. The number of nitrogens with one attached hydrogen (secondary N) is 3. The van der Waals surface area contributed by atoms with E-state index in [-0.39, 0.29) is 31.1 Å². The second kappa shape index (κ2) is 17.5. The molecule has 0 aliphatic rings. The van der Waals surface area contributed by atoms with Crippen LogP contribution in [0, 0.1) is 5.92 Å². The third-order valence-electron chi connectivity index (χ3n) is 5.27. The number of aliphatic hydroxyl groups is 1. The predicted molar refractivity (Wildman–Crippen MR) is 135 cm³/mol. The Hall–Kier alpha value is -2.97. The van der Waals surface area contributed by atoms with E-state index in [4.69, 9.17) is 22.9 Å². The number of unbranched alkanes of at least 4 members (excludes halogenated alkanes) is 1. The number of aliphatic carboxylic acids is 1. The maximum Gasteiger partial charge on any atom is 0.328 e. The van der Waals surface area contributed by atoms with Gasteiger partial charge in [-0.2, -0.15) is 0 Å². The molecule has 208 valence electrons. The third kappa shape index (κ3) is 13.8. The number of hydrogen-bond acceptors (Lipinski definition) is 8. The summed E-state index contributed by atoms with van der Waals surface area (Å²) in [6.07, 6.45) is 1.02. The highest BCUT2D eigenvalue weighted by molar-refractivity contribution is 5.94. The molecule has 0 aromatic rings. The number of rotatable bonds is 18. The first-order chi connectivity index (χ1) is 16.8. The molecule has 5 unspecified atom stereocenters.